The van der Waals surface area contributed by atoms with Crippen LogP contribution in [0.25, 0.3) is 0 Å². The minimum Gasteiger partial charge on any atom is -0.481 e. The molecule has 0 aromatic carbocycles. The van der Waals surface area contributed by atoms with Crippen LogP contribution in [0.15, 0.2) is 24.3 Å². The Morgan fingerprint density at radius 2 is 1.04 bits per heavy atom. The first kappa shape index (κ1) is 46.2. The summed E-state index contributed by atoms with van der Waals surface area (Å²) in [5, 5.41) is 23.6. The van der Waals surface area contributed by atoms with Crippen LogP contribution < -0.4 is 0 Å². The highest BCUT2D eigenvalue weighted by molar-refractivity contribution is 5.69. The number of ether oxygens (including phenoxy) is 3. The first-order valence-electron chi connectivity index (χ1n) is 19.2. The van der Waals surface area contributed by atoms with Crippen LogP contribution in [0.3, 0.4) is 0 Å². The zero-order chi connectivity index (χ0) is 35.5. The molecule has 0 unspecified atom stereocenters. The number of aliphatic carboxylic acids is 1. The average molecular weight is 685 g/mol. The molecule has 0 saturated carbocycles. The number of esters is 1. The molecule has 0 spiro atoms. The van der Waals surface area contributed by atoms with Gasteiger partial charge in [-0.1, -0.05) is 115 Å². The SMILES string of the molecule is CCCCC[C@H]1O[C@H]1C/C=C\CCCCCCCC(=O)O.CCCCC[C@H]1O[C@H]1C/C=C\CCCCCCCC(=O)OCCOO.CO. The largest absolute Gasteiger partial charge is 0.481 e. The number of unbranched alkanes of at least 4 members (excludes halogenated alkanes) is 14. The van der Waals surface area contributed by atoms with Gasteiger partial charge >= 0.3 is 11.9 Å². The van der Waals surface area contributed by atoms with Gasteiger partial charge in [-0.3, -0.25) is 14.8 Å². The summed E-state index contributed by atoms with van der Waals surface area (Å²) in [6, 6.07) is 0. The van der Waals surface area contributed by atoms with Gasteiger partial charge in [0.2, 0.25) is 0 Å². The minimum atomic E-state index is -0.673. The van der Waals surface area contributed by atoms with Crippen LogP contribution in [0.1, 0.15) is 168 Å². The number of hydrogen-bond acceptors (Lipinski definition) is 8. The van der Waals surface area contributed by atoms with Gasteiger partial charge in [-0.25, -0.2) is 4.89 Å². The standard InChI is InChI=1S/C20H36O5.C18H32O3.CH4O/c1-2-3-10-13-18-19(25-18)14-11-8-6-4-5-7-9-12-15-20(21)23-16-17-24-22;1-2-3-10-13-16-17(21-16)14-11-8-6-4-5-7-9-12-15-18(19)20;1-2/h8,11,18-19,22H,2-7,9-10,12-17H2,1H3;8,11,16-17H,2-7,9-10,12-15H2,1H3,(H,19,20);2H,1H3/b2*11-8-;/t18-,19+;16-,17+;/m11./s1. The quantitative estimate of drug-likeness (QED) is 0.0163. The Balaban J connectivity index is 0.000000887. The number of aliphatic hydroxyl groups is 1. The van der Waals surface area contributed by atoms with Gasteiger partial charge < -0.3 is 24.4 Å². The summed E-state index contributed by atoms with van der Waals surface area (Å²) in [6.45, 7) is 4.62. The highest BCUT2D eigenvalue weighted by Crippen LogP contribution is 2.31. The molecule has 0 aliphatic carbocycles. The van der Waals surface area contributed by atoms with Crippen LogP contribution in [0.2, 0.25) is 0 Å². The first-order chi connectivity index (χ1) is 23.5. The number of allylic oxidation sites excluding steroid dienone is 2. The lowest BCUT2D eigenvalue weighted by Crippen LogP contribution is -2.09. The molecule has 0 radical (unpaired) electrons. The van der Waals surface area contributed by atoms with Crippen molar-refractivity contribution in [1.29, 1.82) is 0 Å². The topological polar surface area (TPSA) is 138 Å². The third kappa shape index (κ3) is 31.5. The Labute approximate surface area is 292 Å². The van der Waals surface area contributed by atoms with Gasteiger partial charge in [0.25, 0.3) is 0 Å². The summed E-state index contributed by atoms with van der Waals surface area (Å²) < 4.78 is 16.2. The number of carbonyl (C=O) groups excluding carboxylic acids is 1. The Morgan fingerprint density at radius 3 is 1.50 bits per heavy atom. The van der Waals surface area contributed by atoms with Crippen molar-refractivity contribution in [1.82, 2.24) is 0 Å². The second kappa shape index (κ2) is 35.1. The molecule has 0 bridgehead atoms. The Hall–Kier alpha value is -1.78. The lowest BCUT2D eigenvalue weighted by atomic mass is 10.1. The predicted octanol–water partition coefficient (Wildman–Crippen LogP) is 9.75. The Kier molecular flexibility index (Phi) is 33.8. The van der Waals surface area contributed by atoms with Crippen molar-refractivity contribution in [2.75, 3.05) is 20.3 Å². The maximum absolute atomic E-state index is 11.3. The minimum absolute atomic E-state index is 0.0334. The summed E-state index contributed by atoms with van der Waals surface area (Å²) in [4.78, 5) is 25.5. The first-order valence-corrected chi connectivity index (χ1v) is 19.2. The third-order valence-electron chi connectivity index (χ3n) is 8.58. The molecule has 282 valence electrons. The Morgan fingerprint density at radius 1 is 0.583 bits per heavy atom. The Bertz CT molecular complexity index is 785. The molecule has 9 nitrogen and oxygen atoms in total. The van der Waals surface area contributed by atoms with Crippen LogP contribution in [0, 0.1) is 0 Å². The normalized spacial score (nSPS) is 19.4. The molecule has 0 amide bonds. The second-order valence-corrected chi connectivity index (χ2v) is 12.9. The van der Waals surface area contributed by atoms with E-state index in [0.29, 0.717) is 37.3 Å². The zero-order valence-electron chi connectivity index (χ0n) is 30.8. The van der Waals surface area contributed by atoms with Gasteiger partial charge in [0.15, 0.2) is 0 Å². The van der Waals surface area contributed by atoms with E-state index in [1.165, 1.54) is 77.0 Å². The van der Waals surface area contributed by atoms with Crippen LogP contribution in [-0.2, 0) is 28.7 Å². The zero-order valence-corrected chi connectivity index (χ0v) is 30.8. The van der Waals surface area contributed by atoms with Crippen molar-refractivity contribution in [3.63, 3.8) is 0 Å². The molecule has 4 atom stereocenters. The molecule has 2 rings (SSSR count). The molecule has 2 saturated heterocycles. The molecule has 9 heteroatoms. The van der Waals surface area contributed by atoms with Crippen molar-refractivity contribution in [2.45, 2.75) is 192 Å². The van der Waals surface area contributed by atoms with E-state index < -0.39 is 5.97 Å². The maximum atomic E-state index is 11.3. The number of epoxide rings is 2. The van der Waals surface area contributed by atoms with E-state index in [1.54, 1.807) is 0 Å². The second-order valence-electron chi connectivity index (χ2n) is 12.9. The number of carboxylic acids is 1. The van der Waals surface area contributed by atoms with Crippen LogP contribution >= 0.6 is 0 Å². The highest BCUT2D eigenvalue weighted by atomic mass is 17.1. The van der Waals surface area contributed by atoms with E-state index in [4.69, 9.17) is 29.7 Å². The fourth-order valence-electron chi connectivity index (χ4n) is 5.56. The fraction of sp³-hybridized carbons (Fsp3) is 0.846. The van der Waals surface area contributed by atoms with Gasteiger partial charge in [0.05, 0.1) is 24.4 Å². The van der Waals surface area contributed by atoms with Crippen molar-refractivity contribution in [3.8, 4) is 0 Å². The van der Waals surface area contributed by atoms with E-state index >= 15 is 0 Å². The molecule has 0 aromatic rings. The highest BCUT2D eigenvalue weighted by Gasteiger charge is 2.37. The van der Waals surface area contributed by atoms with E-state index in [9.17, 15) is 9.59 Å². The van der Waals surface area contributed by atoms with Crippen LogP contribution in [-0.4, -0.2) is 72.1 Å². The molecule has 2 aliphatic heterocycles. The van der Waals surface area contributed by atoms with E-state index in [1.807, 2.05) is 0 Å². The number of carbonyl (C=O) groups is 2. The number of aliphatic hydroxyl groups excluding tert-OH is 1. The maximum Gasteiger partial charge on any atom is 0.305 e. The summed E-state index contributed by atoms with van der Waals surface area (Å²) >= 11 is 0. The van der Waals surface area contributed by atoms with E-state index in [0.717, 1.165) is 71.3 Å². The molecule has 48 heavy (non-hydrogen) atoms. The van der Waals surface area contributed by atoms with Crippen LogP contribution in [0.5, 0.6) is 0 Å². The summed E-state index contributed by atoms with van der Waals surface area (Å²) in [5.74, 6) is -0.886. The molecule has 3 N–H and O–H groups in total. The lowest BCUT2D eigenvalue weighted by molar-refractivity contribution is -0.248. The molecular formula is C39H72O9. The summed E-state index contributed by atoms with van der Waals surface area (Å²) in [6.07, 6.45) is 37.6. The molecular weight excluding hydrogens is 612 g/mol. The monoisotopic (exact) mass is 685 g/mol. The van der Waals surface area contributed by atoms with Crippen molar-refractivity contribution < 1.29 is 44.2 Å². The number of hydrogen-bond donors (Lipinski definition) is 3. The molecule has 0 aromatic heterocycles. The van der Waals surface area contributed by atoms with Gasteiger partial charge in [-0.05, 0) is 64.2 Å². The smallest absolute Gasteiger partial charge is 0.305 e. The number of rotatable bonds is 31. The van der Waals surface area contributed by atoms with E-state index in [-0.39, 0.29) is 19.2 Å². The molecule has 2 heterocycles. The molecule has 2 fully saturated rings. The third-order valence-corrected chi connectivity index (χ3v) is 8.58. The fourth-order valence-corrected chi connectivity index (χ4v) is 5.56. The van der Waals surface area contributed by atoms with Gasteiger partial charge in [-0.2, -0.15) is 0 Å². The van der Waals surface area contributed by atoms with Crippen molar-refractivity contribution >= 4 is 11.9 Å². The van der Waals surface area contributed by atoms with Crippen LogP contribution in [0.4, 0.5) is 0 Å². The predicted molar refractivity (Wildman–Crippen MR) is 193 cm³/mol. The van der Waals surface area contributed by atoms with Gasteiger partial charge in [0.1, 0.15) is 13.2 Å². The molecule has 2 aliphatic rings. The number of carboxylic acid groups (broad SMARTS) is 1. The van der Waals surface area contributed by atoms with Gasteiger partial charge in [-0.15, -0.1) is 0 Å². The average Bonchev–Trinajstić information content (AvgIpc) is 4.01. The lowest BCUT2D eigenvalue weighted by Gasteiger charge is -2.03. The van der Waals surface area contributed by atoms with E-state index in [2.05, 4.69) is 43.0 Å². The summed E-state index contributed by atoms with van der Waals surface area (Å²) in [5.41, 5.74) is 0. The summed E-state index contributed by atoms with van der Waals surface area (Å²) in [7, 11) is 1.00. The van der Waals surface area contributed by atoms with Gasteiger partial charge in [0, 0.05) is 20.0 Å². The van der Waals surface area contributed by atoms with Crippen molar-refractivity contribution in [2.24, 2.45) is 0 Å². The van der Waals surface area contributed by atoms with Crippen molar-refractivity contribution in [3.05, 3.63) is 24.3 Å².